The minimum Gasteiger partial charge on any atom is -0.360 e. The molecular weight excluding hydrogens is 262 g/mol. The topological polar surface area (TPSA) is 57.8 Å². The number of H-pyrrole nitrogens is 1. The highest BCUT2D eigenvalue weighted by Gasteiger charge is 2.12. The van der Waals surface area contributed by atoms with Crippen LogP contribution in [0, 0.1) is 0 Å². The van der Waals surface area contributed by atoms with E-state index in [0.717, 1.165) is 10.9 Å². The molecule has 3 rings (SSSR count). The third-order valence-electron chi connectivity index (χ3n) is 2.85. The van der Waals surface area contributed by atoms with Gasteiger partial charge >= 0.3 is 0 Å². The Morgan fingerprint density at radius 1 is 1.26 bits per heavy atom. The number of para-hydroxylation sites is 1. The highest BCUT2D eigenvalue weighted by molar-refractivity contribution is 6.34. The molecule has 94 valence electrons. The Balaban J connectivity index is 1.95. The average Bonchev–Trinajstić information content (AvgIpc) is 2.85. The van der Waals surface area contributed by atoms with Gasteiger partial charge in [-0.25, -0.2) is 0 Å². The number of nitrogens with zero attached hydrogens (tertiary/aromatic N) is 1. The van der Waals surface area contributed by atoms with Gasteiger partial charge in [-0.1, -0.05) is 29.8 Å². The fraction of sp³-hybridized carbons (Fsp3) is 0. The lowest BCUT2D eigenvalue weighted by atomic mass is 10.1. The molecule has 4 nitrogen and oxygen atoms in total. The Labute approximate surface area is 114 Å². The number of amides is 1. The molecule has 5 heteroatoms. The molecule has 19 heavy (non-hydrogen) atoms. The van der Waals surface area contributed by atoms with E-state index in [1.807, 2.05) is 24.3 Å². The van der Waals surface area contributed by atoms with Gasteiger partial charge in [-0.05, 0) is 12.1 Å². The Bertz CT molecular complexity index is 751. The summed E-state index contributed by atoms with van der Waals surface area (Å²) in [5.74, 6) is -0.215. The molecule has 0 bridgehead atoms. The van der Waals surface area contributed by atoms with Crippen molar-refractivity contribution in [2.75, 3.05) is 5.32 Å². The Hall–Kier alpha value is -2.33. The smallest absolute Gasteiger partial charge is 0.257 e. The van der Waals surface area contributed by atoms with Crippen molar-refractivity contribution in [2.24, 2.45) is 0 Å². The van der Waals surface area contributed by atoms with Crippen molar-refractivity contribution in [1.29, 1.82) is 0 Å². The van der Waals surface area contributed by atoms with Crippen molar-refractivity contribution in [3.05, 3.63) is 59.5 Å². The maximum atomic E-state index is 12.2. The van der Waals surface area contributed by atoms with Gasteiger partial charge in [0.15, 0.2) is 0 Å². The van der Waals surface area contributed by atoms with Crippen LogP contribution in [0.4, 0.5) is 5.69 Å². The van der Waals surface area contributed by atoms with E-state index in [-0.39, 0.29) is 5.91 Å². The van der Waals surface area contributed by atoms with Crippen LogP contribution in [0.3, 0.4) is 0 Å². The van der Waals surface area contributed by atoms with Crippen molar-refractivity contribution in [1.82, 2.24) is 9.97 Å². The lowest BCUT2D eigenvalue weighted by molar-refractivity contribution is 0.102. The summed E-state index contributed by atoms with van der Waals surface area (Å²) in [5, 5.41) is 4.09. The fourth-order valence-corrected chi connectivity index (χ4v) is 2.07. The highest BCUT2D eigenvalue weighted by Crippen LogP contribution is 2.22. The van der Waals surface area contributed by atoms with Crippen LogP contribution in [0.25, 0.3) is 10.9 Å². The molecule has 1 aromatic carbocycles. The van der Waals surface area contributed by atoms with Crippen LogP contribution in [-0.2, 0) is 0 Å². The van der Waals surface area contributed by atoms with E-state index in [1.54, 1.807) is 18.5 Å². The van der Waals surface area contributed by atoms with Gasteiger partial charge in [-0.15, -0.1) is 0 Å². The number of hydrogen-bond acceptors (Lipinski definition) is 2. The predicted molar refractivity (Wildman–Crippen MR) is 75.5 cm³/mol. The standard InChI is InChI=1S/C14H10ClN3O/c15-11-5-6-16-8-13(11)18-14(19)10-7-17-12-4-2-1-3-9(10)12/h1-8,17H,(H,18,19). The number of aromatic nitrogens is 2. The van der Waals surface area contributed by atoms with E-state index < -0.39 is 0 Å². The molecule has 3 aromatic rings. The van der Waals surface area contributed by atoms with Gasteiger partial charge in [-0.3, -0.25) is 9.78 Å². The first kappa shape index (κ1) is 11.7. The summed E-state index contributed by atoms with van der Waals surface area (Å²) in [4.78, 5) is 19.2. The summed E-state index contributed by atoms with van der Waals surface area (Å²) in [6.45, 7) is 0. The minimum atomic E-state index is -0.215. The number of anilines is 1. The van der Waals surface area contributed by atoms with E-state index in [2.05, 4.69) is 15.3 Å². The van der Waals surface area contributed by atoms with Gasteiger partial charge < -0.3 is 10.3 Å². The fourth-order valence-electron chi connectivity index (χ4n) is 1.92. The lowest BCUT2D eigenvalue weighted by Crippen LogP contribution is -2.11. The second-order valence-electron chi connectivity index (χ2n) is 4.06. The van der Waals surface area contributed by atoms with E-state index in [4.69, 9.17) is 11.6 Å². The van der Waals surface area contributed by atoms with Crippen molar-refractivity contribution >= 4 is 34.1 Å². The average molecular weight is 272 g/mol. The molecule has 0 atom stereocenters. The first-order valence-corrected chi connectivity index (χ1v) is 6.10. The Morgan fingerprint density at radius 3 is 2.95 bits per heavy atom. The molecule has 2 aromatic heterocycles. The largest absolute Gasteiger partial charge is 0.360 e. The van der Waals surface area contributed by atoms with Gasteiger partial charge in [0.25, 0.3) is 5.91 Å². The number of aromatic amines is 1. The zero-order valence-electron chi connectivity index (χ0n) is 9.85. The number of carbonyl (C=O) groups excluding carboxylic acids is 1. The molecule has 0 unspecified atom stereocenters. The molecule has 0 spiro atoms. The Kier molecular flexibility index (Phi) is 2.93. The van der Waals surface area contributed by atoms with Crippen molar-refractivity contribution in [3.63, 3.8) is 0 Å². The van der Waals surface area contributed by atoms with Gasteiger partial charge in [0.2, 0.25) is 0 Å². The number of halogens is 1. The van der Waals surface area contributed by atoms with E-state index in [1.165, 1.54) is 6.20 Å². The maximum absolute atomic E-state index is 12.2. The minimum absolute atomic E-state index is 0.215. The van der Waals surface area contributed by atoms with Gasteiger partial charge in [-0.2, -0.15) is 0 Å². The zero-order valence-corrected chi connectivity index (χ0v) is 10.6. The first-order valence-electron chi connectivity index (χ1n) is 5.72. The lowest BCUT2D eigenvalue weighted by Gasteiger charge is -2.05. The Morgan fingerprint density at radius 2 is 2.11 bits per heavy atom. The summed E-state index contributed by atoms with van der Waals surface area (Å²) in [6.07, 6.45) is 4.78. The number of carbonyl (C=O) groups is 1. The molecule has 0 saturated carbocycles. The summed E-state index contributed by atoms with van der Waals surface area (Å²) in [7, 11) is 0. The molecule has 0 saturated heterocycles. The van der Waals surface area contributed by atoms with E-state index >= 15 is 0 Å². The van der Waals surface area contributed by atoms with Crippen LogP contribution in [0.15, 0.2) is 48.9 Å². The third kappa shape index (κ3) is 2.18. The van der Waals surface area contributed by atoms with Crippen molar-refractivity contribution < 1.29 is 4.79 Å². The normalized spacial score (nSPS) is 10.6. The maximum Gasteiger partial charge on any atom is 0.257 e. The molecule has 0 aliphatic carbocycles. The molecule has 0 fully saturated rings. The molecule has 2 heterocycles. The predicted octanol–water partition coefficient (Wildman–Crippen LogP) is 3.47. The van der Waals surface area contributed by atoms with Crippen molar-refractivity contribution in [2.45, 2.75) is 0 Å². The number of pyridine rings is 1. The first-order chi connectivity index (χ1) is 9.25. The summed E-state index contributed by atoms with van der Waals surface area (Å²) in [5.41, 5.74) is 2.00. The van der Waals surface area contributed by atoms with Crippen LogP contribution in [0.5, 0.6) is 0 Å². The molecule has 0 aliphatic heterocycles. The SMILES string of the molecule is O=C(Nc1cnccc1Cl)c1c[nH]c2ccccc12. The zero-order chi connectivity index (χ0) is 13.2. The molecule has 2 N–H and O–H groups in total. The van der Waals surface area contributed by atoms with Crippen LogP contribution in [-0.4, -0.2) is 15.9 Å². The monoisotopic (exact) mass is 271 g/mol. The van der Waals surface area contributed by atoms with E-state index in [9.17, 15) is 4.79 Å². The van der Waals surface area contributed by atoms with Gasteiger partial charge in [0.05, 0.1) is 22.5 Å². The van der Waals surface area contributed by atoms with Crippen LogP contribution < -0.4 is 5.32 Å². The number of hydrogen-bond donors (Lipinski definition) is 2. The van der Waals surface area contributed by atoms with Crippen molar-refractivity contribution in [3.8, 4) is 0 Å². The number of fused-ring (bicyclic) bond motifs is 1. The second-order valence-corrected chi connectivity index (χ2v) is 4.46. The second kappa shape index (κ2) is 4.74. The van der Waals surface area contributed by atoms with E-state index in [0.29, 0.717) is 16.3 Å². The quantitative estimate of drug-likeness (QED) is 0.750. The molecule has 1 amide bonds. The van der Waals surface area contributed by atoms with Gasteiger partial charge in [0, 0.05) is 23.3 Å². The number of rotatable bonds is 2. The van der Waals surface area contributed by atoms with Gasteiger partial charge in [0.1, 0.15) is 0 Å². The highest BCUT2D eigenvalue weighted by atomic mass is 35.5. The molecule has 0 radical (unpaired) electrons. The van der Waals surface area contributed by atoms with Crippen LogP contribution >= 0.6 is 11.6 Å². The molecule has 0 aliphatic rings. The van der Waals surface area contributed by atoms with Crippen LogP contribution in [0.1, 0.15) is 10.4 Å². The summed E-state index contributed by atoms with van der Waals surface area (Å²) < 4.78 is 0. The number of benzene rings is 1. The summed E-state index contributed by atoms with van der Waals surface area (Å²) in [6, 6.07) is 9.25. The molecular formula is C14H10ClN3O. The van der Waals surface area contributed by atoms with Crippen LogP contribution in [0.2, 0.25) is 5.02 Å². The summed E-state index contributed by atoms with van der Waals surface area (Å²) >= 11 is 5.99. The number of nitrogens with one attached hydrogen (secondary N) is 2. The third-order valence-corrected chi connectivity index (χ3v) is 3.18.